The van der Waals surface area contributed by atoms with Crippen molar-refractivity contribution in [1.82, 2.24) is 10.2 Å². The van der Waals surface area contributed by atoms with Crippen molar-refractivity contribution in [1.29, 1.82) is 0 Å². The minimum absolute atomic E-state index is 0.0547. The lowest BCUT2D eigenvalue weighted by atomic mass is 9.96. The van der Waals surface area contributed by atoms with Crippen LogP contribution in [0.4, 0.5) is 0 Å². The summed E-state index contributed by atoms with van der Waals surface area (Å²) in [7, 11) is 1.50. The van der Waals surface area contributed by atoms with Crippen LogP contribution in [0.15, 0.2) is 34.2 Å². The first-order valence-electron chi connectivity index (χ1n) is 6.01. The van der Waals surface area contributed by atoms with Crippen molar-refractivity contribution in [3.63, 3.8) is 0 Å². The van der Waals surface area contributed by atoms with Crippen LogP contribution in [-0.2, 0) is 10.4 Å². The summed E-state index contributed by atoms with van der Waals surface area (Å²) in [6.07, 6.45) is 1.72. The number of phenols is 1. The number of aromatic nitrogens is 2. The molecular formula is C13H13N3O4. The molecule has 0 spiro atoms. The third kappa shape index (κ3) is 1.97. The van der Waals surface area contributed by atoms with Crippen LogP contribution in [0.3, 0.4) is 0 Å². The van der Waals surface area contributed by atoms with Gasteiger partial charge in [0.1, 0.15) is 0 Å². The Morgan fingerprint density at radius 2 is 2.25 bits per heavy atom. The van der Waals surface area contributed by atoms with Crippen LogP contribution >= 0.6 is 0 Å². The van der Waals surface area contributed by atoms with Gasteiger partial charge in [0.25, 0.3) is 5.89 Å². The van der Waals surface area contributed by atoms with E-state index in [1.54, 1.807) is 18.2 Å². The van der Waals surface area contributed by atoms with Gasteiger partial charge in [-0.05, 0) is 25.1 Å². The van der Waals surface area contributed by atoms with E-state index in [2.05, 4.69) is 15.4 Å². The number of aromatic hydroxyl groups is 1. The average molecular weight is 275 g/mol. The van der Waals surface area contributed by atoms with Crippen molar-refractivity contribution in [3.8, 4) is 11.5 Å². The van der Waals surface area contributed by atoms with E-state index < -0.39 is 5.60 Å². The highest BCUT2D eigenvalue weighted by Gasteiger charge is 2.41. The van der Waals surface area contributed by atoms with Crippen LogP contribution in [0.1, 0.15) is 24.8 Å². The molecule has 20 heavy (non-hydrogen) atoms. The molecule has 0 radical (unpaired) electrons. The maximum absolute atomic E-state index is 9.80. The monoisotopic (exact) mass is 275 g/mol. The molecule has 104 valence electrons. The average Bonchev–Trinajstić information content (AvgIpc) is 3.08. The molecule has 1 aliphatic rings. The number of nitrogens with zero attached hydrogens (tertiary/aromatic N) is 3. The van der Waals surface area contributed by atoms with Crippen LogP contribution in [0.2, 0.25) is 0 Å². The topological polar surface area (TPSA) is 90.0 Å². The predicted octanol–water partition coefficient (Wildman–Crippen LogP) is 1.82. The summed E-state index contributed by atoms with van der Waals surface area (Å²) in [5.41, 5.74) is 0.677. The molecule has 1 aromatic carbocycles. The summed E-state index contributed by atoms with van der Waals surface area (Å²) in [5.74, 6) is 0.834. The van der Waals surface area contributed by atoms with Gasteiger partial charge in [-0.3, -0.25) is 0 Å². The lowest BCUT2D eigenvalue weighted by Crippen LogP contribution is -2.22. The number of rotatable bonds is 3. The Kier molecular flexibility index (Phi) is 2.81. The number of methoxy groups -OCH3 is 1. The number of ether oxygens (including phenoxy) is 1. The zero-order valence-electron chi connectivity index (χ0n) is 11.0. The summed E-state index contributed by atoms with van der Waals surface area (Å²) in [5, 5.41) is 21.4. The Bertz CT molecular complexity index is 654. The van der Waals surface area contributed by atoms with Crippen LogP contribution in [-0.4, -0.2) is 28.1 Å². The zero-order valence-corrected chi connectivity index (χ0v) is 11.0. The quantitative estimate of drug-likeness (QED) is 0.919. The van der Waals surface area contributed by atoms with Gasteiger partial charge in [0, 0.05) is 12.0 Å². The standard InChI is InChI=1S/C13H13N3O4/c1-13(12-15-14-7-19-12)6-9(16-20-13)8-3-4-11(18-2)10(17)5-8/h3-5,7,17H,6H2,1-2H3. The first-order chi connectivity index (χ1) is 9.62. The molecule has 0 fully saturated rings. The van der Waals surface area contributed by atoms with E-state index >= 15 is 0 Å². The second-order valence-corrected chi connectivity index (χ2v) is 4.67. The zero-order chi connectivity index (χ0) is 14.2. The molecule has 1 aliphatic heterocycles. The Balaban J connectivity index is 1.85. The fourth-order valence-corrected chi connectivity index (χ4v) is 2.08. The van der Waals surface area contributed by atoms with Gasteiger partial charge in [-0.2, -0.15) is 0 Å². The van der Waals surface area contributed by atoms with E-state index in [0.717, 1.165) is 5.56 Å². The highest BCUT2D eigenvalue weighted by molar-refractivity contribution is 6.02. The van der Waals surface area contributed by atoms with Crippen molar-refractivity contribution in [2.75, 3.05) is 7.11 Å². The molecule has 7 heteroatoms. The minimum atomic E-state index is -0.776. The van der Waals surface area contributed by atoms with E-state index in [4.69, 9.17) is 14.0 Å². The van der Waals surface area contributed by atoms with Crippen LogP contribution in [0.25, 0.3) is 0 Å². The normalized spacial score (nSPS) is 21.4. The summed E-state index contributed by atoms with van der Waals surface area (Å²) < 4.78 is 10.2. The van der Waals surface area contributed by atoms with Gasteiger partial charge in [-0.15, -0.1) is 10.2 Å². The lowest BCUT2D eigenvalue weighted by Gasteiger charge is -2.15. The first-order valence-corrected chi connectivity index (χ1v) is 6.01. The molecule has 2 aromatic rings. The van der Waals surface area contributed by atoms with Crippen molar-refractivity contribution in [2.45, 2.75) is 18.9 Å². The lowest BCUT2D eigenvalue weighted by molar-refractivity contribution is -0.0279. The van der Waals surface area contributed by atoms with Gasteiger partial charge >= 0.3 is 0 Å². The van der Waals surface area contributed by atoms with E-state index in [0.29, 0.717) is 23.8 Å². The summed E-state index contributed by atoms with van der Waals surface area (Å²) in [6, 6.07) is 5.07. The molecule has 0 saturated heterocycles. The van der Waals surface area contributed by atoms with E-state index in [1.165, 1.54) is 13.5 Å². The highest BCUT2D eigenvalue weighted by Crippen LogP contribution is 2.36. The molecule has 0 bridgehead atoms. The largest absolute Gasteiger partial charge is 0.504 e. The second kappa shape index (κ2) is 4.52. The Labute approximate surface area is 114 Å². The molecule has 0 saturated carbocycles. The summed E-state index contributed by atoms with van der Waals surface area (Å²) in [4.78, 5) is 5.43. The predicted molar refractivity (Wildman–Crippen MR) is 68.5 cm³/mol. The van der Waals surface area contributed by atoms with Gasteiger partial charge in [0.15, 0.2) is 11.5 Å². The van der Waals surface area contributed by atoms with Gasteiger partial charge in [-0.25, -0.2) is 0 Å². The van der Waals surface area contributed by atoms with Gasteiger partial charge in [0.2, 0.25) is 12.0 Å². The number of hydrogen-bond acceptors (Lipinski definition) is 7. The third-order valence-electron chi connectivity index (χ3n) is 3.19. The molecule has 2 heterocycles. The molecule has 1 N–H and O–H groups in total. The molecular weight excluding hydrogens is 262 g/mol. The highest BCUT2D eigenvalue weighted by atomic mass is 16.7. The van der Waals surface area contributed by atoms with Crippen molar-refractivity contribution in [3.05, 3.63) is 36.0 Å². The molecule has 1 atom stereocenters. The van der Waals surface area contributed by atoms with Crippen LogP contribution in [0.5, 0.6) is 11.5 Å². The SMILES string of the molecule is COc1ccc(C2=NOC(C)(c3nnco3)C2)cc1O. The van der Waals surface area contributed by atoms with Gasteiger partial charge in [0.05, 0.1) is 12.8 Å². The third-order valence-corrected chi connectivity index (χ3v) is 3.19. The minimum Gasteiger partial charge on any atom is -0.504 e. The smallest absolute Gasteiger partial charge is 0.262 e. The second-order valence-electron chi connectivity index (χ2n) is 4.67. The molecule has 3 rings (SSSR count). The summed E-state index contributed by atoms with van der Waals surface area (Å²) >= 11 is 0. The number of benzene rings is 1. The maximum atomic E-state index is 9.80. The molecule has 1 aromatic heterocycles. The first kappa shape index (κ1) is 12.5. The van der Waals surface area contributed by atoms with Crippen LogP contribution in [0, 0.1) is 0 Å². The van der Waals surface area contributed by atoms with E-state index in [-0.39, 0.29) is 5.75 Å². The van der Waals surface area contributed by atoms with Gasteiger partial charge < -0.3 is 19.1 Å². The Morgan fingerprint density at radius 1 is 1.40 bits per heavy atom. The van der Waals surface area contributed by atoms with Crippen molar-refractivity contribution in [2.24, 2.45) is 5.16 Å². The van der Waals surface area contributed by atoms with Gasteiger partial charge in [-0.1, -0.05) is 5.16 Å². The van der Waals surface area contributed by atoms with Crippen LogP contribution < -0.4 is 4.74 Å². The molecule has 1 unspecified atom stereocenters. The van der Waals surface area contributed by atoms with E-state index in [1.807, 2.05) is 6.92 Å². The summed E-state index contributed by atoms with van der Waals surface area (Å²) in [6.45, 7) is 1.82. The van der Waals surface area contributed by atoms with Crippen molar-refractivity contribution < 1.29 is 19.1 Å². The maximum Gasteiger partial charge on any atom is 0.262 e. The number of phenolic OH excluding ortho intramolecular Hbond substituents is 1. The molecule has 7 nitrogen and oxygen atoms in total. The van der Waals surface area contributed by atoms with E-state index in [9.17, 15) is 5.11 Å². The molecule has 0 aliphatic carbocycles. The fraction of sp³-hybridized carbons (Fsp3) is 0.308. The van der Waals surface area contributed by atoms with Crippen molar-refractivity contribution >= 4 is 5.71 Å². The fourth-order valence-electron chi connectivity index (χ4n) is 2.08. The Morgan fingerprint density at radius 3 is 2.90 bits per heavy atom. The number of hydrogen-bond donors (Lipinski definition) is 1. The Hall–Kier alpha value is -2.57. The molecule has 0 amide bonds. The number of oxime groups is 1.